The molecule has 4 nitrogen and oxygen atoms in total. The minimum atomic E-state index is -3.46. The molecule has 20 heavy (non-hydrogen) atoms. The van der Waals surface area contributed by atoms with Crippen molar-refractivity contribution >= 4 is 9.84 Å². The average molecular weight is 282 g/mol. The molecule has 0 aliphatic heterocycles. The normalized spacial score (nSPS) is 10.6. The van der Waals surface area contributed by atoms with Gasteiger partial charge in [-0.25, -0.2) is 8.42 Å². The molecule has 2 aromatic carbocycles. The first-order chi connectivity index (χ1) is 9.45. The number of benzene rings is 2. The largest absolute Gasteiger partial charge is 0.224 e. The van der Waals surface area contributed by atoms with Crippen LogP contribution < -0.4 is 0 Å². The number of sulfone groups is 1. The molecule has 0 radical (unpaired) electrons. The van der Waals surface area contributed by atoms with E-state index >= 15 is 0 Å². The van der Waals surface area contributed by atoms with E-state index in [1.54, 1.807) is 30.3 Å². The second kappa shape index (κ2) is 5.16. The molecule has 0 saturated heterocycles. The Kier molecular flexibility index (Phi) is 3.56. The van der Waals surface area contributed by atoms with Crippen molar-refractivity contribution in [3.05, 3.63) is 53.6 Å². The maximum absolute atomic E-state index is 11.7. The van der Waals surface area contributed by atoms with E-state index in [2.05, 4.69) is 0 Å². The summed E-state index contributed by atoms with van der Waals surface area (Å²) in [6.45, 7) is 0. The summed E-state index contributed by atoms with van der Waals surface area (Å²) >= 11 is 0. The molecule has 5 heteroatoms. The van der Waals surface area contributed by atoms with Gasteiger partial charge in [0.1, 0.15) is 6.07 Å². The van der Waals surface area contributed by atoms with Crippen molar-refractivity contribution in [3.8, 4) is 23.3 Å². The van der Waals surface area contributed by atoms with E-state index in [0.717, 1.165) is 11.8 Å². The van der Waals surface area contributed by atoms with Gasteiger partial charge in [-0.1, -0.05) is 18.2 Å². The summed E-state index contributed by atoms with van der Waals surface area (Å²) < 4.78 is 23.4. The first-order valence-electron chi connectivity index (χ1n) is 5.70. The van der Waals surface area contributed by atoms with Crippen LogP contribution in [0.1, 0.15) is 11.1 Å². The number of hydrogen-bond donors (Lipinski definition) is 0. The highest BCUT2D eigenvalue weighted by Gasteiger charge is 2.14. The minimum absolute atomic E-state index is 0.0156. The van der Waals surface area contributed by atoms with Crippen LogP contribution in [0.15, 0.2) is 47.4 Å². The second-order valence-corrected chi connectivity index (χ2v) is 6.27. The van der Waals surface area contributed by atoms with E-state index in [-0.39, 0.29) is 10.5 Å². The van der Waals surface area contributed by atoms with Crippen molar-refractivity contribution in [2.45, 2.75) is 4.90 Å². The number of nitriles is 2. The molecule has 0 fully saturated rings. The quantitative estimate of drug-likeness (QED) is 0.847. The Morgan fingerprint density at radius 1 is 0.900 bits per heavy atom. The van der Waals surface area contributed by atoms with Gasteiger partial charge in [0.15, 0.2) is 9.84 Å². The molecular formula is C15H10N2O2S. The minimum Gasteiger partial charge on any atom is -0.224 e. The molecule has 0 heterocycles. The molecule has 2 rings (SSSR count). The van der Waals surface area contributed by atoms with Crippen LogP contribution in [0.25, 0.3) is 11.1 Å². The van der Waals surface area contributed by atoms with Crippen LogP contribution in [0.4, 0.5) is 0 Å². The van der Waals surface area contributed by atoms with Gasteiger partial charge < -0.3 is 0 Å². The molecule has 0 aliphatic rings. The average Bonchev–Trinajstić information content (AvgIpc) is 2.46. The molecule has 0 bridgehead atoms. The number of hydrogen-bond acceptors (Lipinski definition) is 4. The smallest absolute Gasteiger partial charge is 0.176 e. The maximum Gasteiger partial charge on any atom is 0.176 e. The predicted octanol–water partition coefficient (Wildman–Crippen LogP) is 2.50. The first-order valence-corrected chi connectivity index (χ1v) is 7.59. The topological polar surface area (TPSA) is 81.7 Å². The van der Waals surface area contributed by atoms with Crippen LogP contribution in [0.3, 0.4) is 0 Å². The van der Waals surface area contributed by atoms with Crippen molar-refractivity contribution in [1.82, 2.24) is 0 Å². The highest BCUT2D eigenvalue weighted by atomic mass is 32.2. The lowest BCUT2D eigenvalue weighted by Crippen LogP contribution is -2.00. The summed E-state index contributed by atoms with van der Waals surface area (Å²) in [6.07, 6.45) is 1.08. The molecule has 98 valence electrons. The van der Waals surface area contributed by atoms with Crippen LogP contribution in [-0.2, 0) is 9.84 Å². The lowest BCUT2D eigenvalue weighted by Gasteiger charge is -2.06. The van der Waals surface area contributed by atoms with Gasteiger partial charge >= 0.3 is 0 Å². The van der Waals surface area contributed by atoms with E-state index in [4.69, 9.17) is 10.5 Å². The molecule has 0 unspecified atom stereocenters. The van der Waals surface area contributed by atoms with Gasteiger partial charge in [-0.05, 0) is 35.4 Å². The summed E-state index contributed by atoms with van der Waals surface area (Å²) in [5.41, 5.74) is 2.14. The molecule has 0 spiro atoms. The van der Waals surface area contributed by atoms with Crippen LogP contribution in [0.5, 0.6) is 0 Å². The Hall–Kier alpha value is -2.63. The zero-order valence-electron chi connectivity index (χ0n) is 10.7. The summed E-state index contributed by atoms with van der Waals surface area (Å²) in [5, 5.41) is 17.7. The molecule has 0 saturated carbocycles. The Morgan fingerprint density at radius 2 is 1.50 bits per heavy atom. The van der Waals surface area contributed by atoms with Gasteiger partial charge in [0.25, 0.3) is 0 Å². The summed E-state index contributed by atoms with van der Waals surface area (Å²) in [4.78, 5) is 0.0156. The SMILES string of the molecule is CS(=O)(=O)c1cc(-c2ccc(C#N)cc2)ccc1C#N. The third kappa shape index (κ3) is 2.69. The summed E-state index contributed by atoms with van der Waals surface area (Å²) in [5.74, 6) is 0. The molecule has 2 aromatic rings. The van der Waals surface area contributed by atoms with E-state index in [1.807, 2.05) is 12.1 Å². The molecular weight excluding hydrogens is 272 g/mol. The zero-order chi connectivity index (χ0) is 14.8. The van der Waals surface area contributed by atoms with Gasteiger partial charge in [0, 0.05) is 6.26 Å². The van der Waals surface area contributed by atoms with E-state index in [0.29, 0.717) is 11.1 Å². The zero-order valence-corrected chi connectivity index (χ0v) is 11.5. The molecule has 0 amide bonds. The fourth-order valence-corrected chi connectivity index (χ4v) is 2.69. The van der Waals surface area contributed by atoms with Crippen molar-refractivity contribution in [2.75, 3.05) is 6.26 Å². The maximum atomic E-state index is 11.7. The van der Waals surface area contributed by atoms with Crippen molar-refractivity contribution < 1.29 is 8.42 Å². The van der Waals surface area contributed by atoms with Gasteiger partial charge in [-0.3, -0.25) is 0 Å². The number of rotatable bonds is 2. The van der Waals surface area contributed by atoms with Crippen LogP contribution in [-0.4, -0.2) is 14.7 Å². The lowest BCUT2D eigenvalue weighted by atomic mass is 10.0. The van der Waals surface area contributed by atoms with Crippen LogP contribution >= 0.6 is 0 Å². The highest BCUT2D eigenvalue weighted by Crippen LogP contribution is 2.25. The van der Waals surface area contributed by atoms with Crippen molar-refractivity contribution in [2.24, 2.45) is 0 Å². The van der Waals surface area contributed by atoms with Gasteiger partial charge in [-0.15, -0.1) is 0 Å². The third-order valence-electron chi connectivity index (χ3n) is 2.85. The fourth-order valence-electron chi connectivity index (χ4n) is 1.84. The molecule has 0 aromatic heterocycles. The van der Waals surface area contributed by atoms with Crippen molar-refractivity contribution in [3.63, 3.8) is 0 Å². The Balaban J connectivity index is 2.60. The van der Waals surface area contributed by atoms with Gasteiger partial charge in [0.05, 0.1) is 22.1 Å². The Labute approximate surface area is 117 Å². The highest BCUT2D eigenvalue weighted by molar-refractivity contribution is 7.90. The van der Waals surface area contributed by atoms with E-state index in [1.165, 1.54) is 12.1 Å². The standard InChI is InChI=1S/C15H10N2O2S/c1-20(18,19)15-8-13(6-7-14(15)10-17)12-4-2-11(9-16)3-5-12/h2-8H,1H3. The van der Waals surface area contributed by atoms with Crippen molar-refractivity contribution in [1.29, 1.82) is 10.5 Å². The van der Waals surface area contributed by atoms with Gasteiger partial charge in [-0.2, -0.15) is 10.5 Å². The Morgan fingerprint density at radius 3 is 2.00 bits per heavy atom. The van der Waals surface area contributed by atoms with Crippen LogP contribution in [0, 0.1) is 22.7 Å². The third-order valence-corrected chi connectivity index (χ3v) is 3.99. The fraction of sp³-hybridized carbons (Fsp3) is 0.0667. The molecule has 0 atom stereocenters. The van der Waals surface area contributed by atoms with E-state index < -0.39 is 9.84 Å². The lowest BCUT2D eigenvalue weighted by molar-refractivity contribution is 0.601. The predicted molar refractivity (Wildman–Crippen MR) is 74.4 cm³/mol. The summed E-state index contributed by atoms with van der Waals surface area (Å²) in [7, 11) is -3.46. The Bertz CT molecular complexity index is 839. The van der Waals surface area contributed by atoms with Crippen LogP contribution in [0.2, 0.25) is 0 Å². The molecule has 0 aliphatic carbocycles. The first kappa shape index (κ1) is 13.8. The number of nitrogens with zero attached hydrogens (tertiary/aromatic N) is 2. The summed E-state index contributed by atoms with van der Waals surface area (Å²) in [6, 6.07) is 15.4. The van der Waals surface area contributed by atoms with Gasteiger partial charge in [0.2, 0.25) is 0 Å². The molecule has 0 N–H and O–H groups in total. The second-order valence-electron chi connectivity index (χ2n) is 4.28. The van der Waals surface area contributed by atoms with E-state index in [9.17, 15) is 8.42 Å². The monoisotopic (exact) mass is 282 g/mol.